The Morgan fingerprint density at radius 3 is 2.73 bits per heavy atom. The molecule has 3 rings (SSSR count). The minimum absolute atomic E-state index is 0.00737. The summed E-state index contributed by atoms with van der Waals surface area (Å²) in [4.78, 5) is 12.5. The average molecular weight is 378 g/mol. The van der Waals surface area contributed by atoms with E-state index in [-0.39, 0.29) is 29.0 Å². The van der Waals surface area contributed by atoms with Crippen molar-refractivity contribution >= 4 is 17.5 Å². The summed E-state index contributed by atoms with van der Waals surface area (Å²) in [6.07, 6.45) is -0.695. The fraction of sp³-hybridized carbons (Fsp3) is 0.316. The number of rotatable bonds is 5. The summed E-state index contributed by atoms with van der Waals surface area (Å²) in [6, 6.07) is 9.68. The molecular formula is C19H21ClFN3O2. The Kier molecular flexibility index (Phi) is 5.88. The molecule has 2 aromatic rings. The number of hydrogen-bond acceptors (Lipinski definition) is 4. The first-order valence-corrected chi connectivity index (χ1v) is 8.84. The van der Waals surface area contributed by atoms with Crippen LogP contribution in [0.4, 0.5) is 4.39 Å². The lowest BCUT2D eigenvalue weighted by molar-refractivity contribution is 0.0950. The van der Waals surface area contributed by atoms with Crippen LogP contribution in [0.15, 0.2) is 36.4 Å². The zero-order valence-electron chi connectivity index (χ0n) is 14.4. The summed E-state index contributed by atoms with van der Waals surface area (Å²) in [5.41, 5.74) is 8.52. The highest BCUT2D eigenvalue weighted by atomic mass is 35.5. The molecule has 1 amide bonds. The van der Waals surface area contributed by atoms with Crippen LogP contribution in [-0.2, 0) is 6.54 Å². The van der Waals surface area contributed by atoms with Gasteiger partial charge in [-0.05, 0) is 42.3 Å². The first kappa shape index (κ1) is 18.8. The van der Waals surface area contributed by atoms with E-state index in [1.54, 1.807) is 25.1 Å². The van der Waals surface area contributed by atoms with Crippen LogP contribution in [0, 0.1) is 5.82 Å². The molecule has 0 spiro atoms. The van der Waals surface area contributed by atoms with E-state index in [1.165, 1.54) is 12.1 Å². The first-order valence-electron chi connectivity index (χ1n) is 8.46. The topological polar surface area (TPSA) is 73.4 Å². The third-order valence-corrected chi connectivity index (χ3v) is 4.90. The molecule has 5 nitrogen and oxygen atoms in total. The highest BCUT2D eigenvalue weighted by Crippen LogP contribution is 2.27. The van der Waals surface area contributed by atoms with Crippen molar-refractivity contribution in [1.82, 2.24) is 16.2 Å². The van der Waals surface area contributed by atoms with Crippen molar-refractivity contribution in [2.24, 2.45) is 0 Å². The third kappa shape index (κ3) is 4.04. The van der Waals surface area contributed by atoms with Crippen LogP contribution in [0.5, 0.6) is 0 Å². The first-order chi connectivity index (χ1) is 12.5. The van der Waals surface area contributed by atoms with Crippen molar-refractivity contribution in [3.63, 3.8) is 0 Å². The molecule has 138 valence electrons. The quantitative estimate of drug-likeness (QED) is 0.646. The predicted octanol–water partition coefficient (Wildman–Crippen LogP) is 2.65. The minimum Gasteiger partial charge on any atom is -0.389 e. The van der Waals surface area contributed by atoms with Crippen LogP contribution in [0.1, 0.15) is 46.0 Å². The number of benzene rings is 2. The van der Waals surface area contributed by atoms with Gasteiger partial charge in [0, 0.05) is 41.7 Å². The number of nitrogens with one attached hydrogen (secondary N) is 3. The van der Waals surface area contributed by atoms with Gasteiger partial charge in [-0.15, -0.1) is 0 Å². The molecule has 1 unspecified atom stereocenters. The van der Waals surface area contributed by atoms with Crippen LogP contribution in [0.3, 0.4) is 0 Å². The maximum atomic E-state index is 13.8. The molecular weight excluding hydrogens is 357 g/mol. The monoisotopic (exact) mass is 377 g/mol. The number of carbonyl (C=O) groups is 1. The second-order valence-corrected chi connectivity index (χ2v) is 6.77. The second-order valence-electron chi connectivity index (χ2n) is 6.36. The molecule has 1 aliphatic heterocycles. The van der Waals surface area contributed by atoms with Gasteiger partial charge in [-0.1, -0.05) is 23.7 Å². The highest BCUT2D eigenvalue weighted by Gasteiger charge is 2.22. The summed E-state index contributed by atoms with van der Waals surface area (Å²) in [6.45, 7) is 3.19. The summed E-state index contributed by atoms with van der Waals surface area (Å²) in [7, 11) is 0. The van der Waals surface area contributed by atoms with Gasteiger partial charge >= 0.3 is 0 Å². The van der Waals surface area contributed by atoms with Gasteiger partial charge < -0.3 is 10.4 Å². The molecule has 0 bridgehead atoms. The van der Waals surface area contributed by atoms with Gasteiger partial charge in [0.05, 0.1) is 6.10 Å². The average Bonchev–Trinajstić information content (AvgIpc) is 3.15. The van der Waals surface area contributed by atoms with Crippen LogP contribution < -0.4 is 16.2 Å². The Hall–Kier alpha value is -1.99. The van der Waals surface area contributed by atoms with Crippen molar-refractivity contribution in [3.05, 3.63) is 69.5 Å². The Bertz CT molecular complexity index is 787. The van der Waals surface area contributed by atoms with Crippen molar-refractivity contribution in [2.45, 2.75) is 25.5 Å². The lowest BCUT2D eigenvalue weighted by Gasteiger charge is -2.18. The van der Waals surface area contributed by atoms with Gasteiger partial charge in [-0.2, -0.15) is 0 Å². The van der Waals surface area contributed by atoms with Crippen molar-refractivity contribution < 1.29 is 14.3 Å². The zero-order valence-corrected chi connectivity index (χ0v) is 15.1. The summed E-state index contributed by atoms with van der Waals surface area (Å²) in [5.74, 6) is -0.576. The molecule has 0 radical (unpaired) electrons. The molecule has 1 fully saturated rings. The van der Waals surface area contributed by atoms with Gasteiger partial charge in [-0.3, -0.25) is 15.6 Å². The Morgan fingerprint density at radius 1 is 1.35 bits per heavy atom. The van der Waals surface area contributed by atoms with Crippen LogP contribution in [0.2, 0.25) is 5.02 Å². The molecule has 1 saturated heterocycles. The fourth-order valence-electron chi connectivity index (χ4n) is 3.10. The van der Waals surface area contributed by atoms with E-state index in [0.29, 0.717) is 5.56 Å². The minimum atomic E-state index is -0.695. The number of amides is 1. The number of aliphatic hydroxyl groups is 1. The molecule has 0 aliphatic carbocycles. The number of carbonyl (C=O) groups excluding carboxylic acids is 1. The van der Waals surface area contributed by atoms with Gasteiger partial charge in [-0.25, -0.2) is 4.39 Å². The lowest BCUT2D eigenvalue weighted by Crippen LogP contribution is -2.24. The lowest BCUT2D eigenvalue weighted by atomic mass is 9.91. The van der Waals surface area contributed by atoms with E-state index in [2.05, 4.69) is 16.2 Å². The second kappa shape index (κ2) is 8.14. The maximum Gasteiger partial charge on any atom is 0.251 e. The Balaban J connectivity index is 1.78. The molecule has 0 saturated carbocycles. The summed E-state index contributed by atoms with van der Waals surface area (Å²) >= 11 is 5.98. The number of halogens is 2. The summed E-state index contributed by atoms with van der Waals surface area (Å²) < 4.78 is 13.8. The highest BCUT2D eigenvalue weighted by molar-refractivity contribution is 6.31. The van der Waals surface area contributed by atoms with Crippen LogP contribution in [-0.4, -0.2) is 24.1 Å². The van der Waals surface area contributed by atoms with Crippen molar-refractivity contribution in [1.29, 1.82) is 0 Å². The molecule has 4 N–H and O–H groups in total. The van der Waals surface area contributed by atoms with Crippen LogP contribution in [0.25, 0.3) is 0 Å². The Morgan fingerprint density at radius 2 is 2.08 bits per heavy atom. The largest absolute Gasteiger partial charge is 0.389 e. The number of aliphatic hydroxyl groups excluding tert-OH is 1. The fourth-order valence-corrected chi connectivity index (χ4v) is 3.33. The molecule has 1 aliphatic rings. The predicted molar refractivity (Wildman–Crippen MR) is 98.4 cm³/mol. The summed E-state index contributed by atoms with van der Waals surface area (Å²) in [5, 5.41) is 13.1. The van der Waals surface area contributed by atoms with E-state index in [0.717, 1.165) is 24.2 Å². The molecule has 26 heavy (non-hydrogen) atoms. The molecule has 0 aromatic heterocycles. The molecule has 1 atom stereocenters. The van der Waals surface area contributed by atoms with Crippen molar-refractivity contribution in [3.8, 4) is 0 Å². The van der Waals surface area contributed by atoms with Gasteiger partial charge in [0.15, 0.2) is 0 Å². The van der Waals surface area contributed by atoms with E-state index >= 15 is 0 Å². The maximum absolute atomic E-state index is 13.8. The number of hydrazine groups is 1. The van der Waals surface area contributed by atoms with Crippen LogP contribution >= 0.6 is 11.6 Å². The van der Waals surface area contributed by atoms with E-state index in [9.17, 15) is 14.3 Å². The molecule has 1 heterocycles. The zero-order chi connectivity index (χ0) is 18.7. The van der Waals surface area contributed by atoms with Gasteiger partial charge in [0.25, 0.3) is 5.91 Å². The van der Waals surface area contributed by atoms with E-state index in [1.807, 2.05) is 6.07 Å². The van der Waals surface area contributed by atoms with Gasteiger partial charge in [0.1, 0.15) is 5.82 Å². The van der Waals surface area contributed by atoms with E-state index in [4.69, 9.17) is 11.6 Å². The molecule has 2 aromatic carbocycles. The van der Waals surface area contributed by atoms with Gasteiger partial charge in [0.2, 0.25) is 0 Å². The standard InChI is InChI=1S/C19H21ClFN3O2/c1-11(25)15-7-12(5-6-14(15)13-8-23-24-9-13)19(26)22-10-16-17(20)3-2-4-18(16)21/h2-7,11,13,23-25H,8-10H2,1H3,(H,22,26). The van der Waals surface area contributed by atoms with E-state index < -0.39 is 11.9 Å². The molecule has 7 heteroatoms. The normalized spacial score (nSPS) is 15.8. The smallest absolute Gasteiger partial charge is 0.251 e. The van der Waals surface area contributed by atoms with Crippen molar-refractivity contribution in [2.75, 3.05) is 13.1 Å². The number of hydrogen-bond donors (Lipinski definition) is 4. The Labute approximate surface area is 156 Å². The third-order valence-electron chi connectivity index (χ3n) is 4.55. The SMILES string of the molecule is CC(O)c1cc(C(=O)NCc2c(F)cccc2Cl)ccc1C1CNNC1.